The fourth-order valence-corrected chi connectivity index (χ4v) is 1.43. The van der Waals surface area contributed by atoms with Gasteiger partial charge in [0.1, 0.15) is 6.10 Å². The van der Waals surface area contributed by atoms with Crippen molar-refractivity contribution in [3.8, 4) is 0 Å². The van der Waals surface area contributed by atoms with Gasteiger partial charge in [-0.05, 0) is 0 Å². The van der Waals surface area contributed by atoms with E-state index in [-0.39, 0.29) is 23.2 Å². The van der Waals surface area contributed by atoms with E-state index >= 15 is 0 Å². The van der Waals surface area contributed by atoms with Gasteiger partial charge in [-0.3, -0.25) is 0 Å². The molecule has 0 aliphatic carbocycles. The fourth-order valence-electron chi connectivity index (χ4n) is 1.43. The second-order valence-corrected chi connectivity index (χ2v) is 3.30. The van der Waals surface area contributed by atoms with Crippen LogP contribution >= 0.6 is 0 Å². The molecular formula is C8H13N5O. The molecule has 0 saturated carbocycles. The van der Waals surface area contributed by atoms with Crippen LogP contribution in [0.2, 0.25) is 0 Å². The molecule has 0 radical (unpaired) electrons. The molecule has 1 aromatic rings. The zero-order valence-electron chi connectivity index (χ0n) is 7.58. The first-order chi connectivity index (χ1) is 6.54. The Morgan fingerprint density at radius 1 is 0.786 bits per heavy atom. The maximum Gasteiger partial charge on any atom is 0.110 e. The summed E-state index contributed by atoms with van der Waals surface area (Å²) in [5.41, 5.74) is 30.7. The summed E-state index contributed by atoms with van der Waals surface area (Å²) in [5.74, 6) is 0. The molecule has 6 nitrogen and oxygen atoms in total. The zero-order chi connectivity index (χ0) is 10.5. The largest absolute Gasteiger partial charge is 0.397 e. The van der Waals surface area contributed by atoms with Crippen LogP contribution < -0.4 is 28.7 Å². The number of anilines is 5. The molecule has 10 N–H and O–H groups in total. The molecule has 1 aromatic carbocycles. The molecule has 1 atom stereocenters. The Kier molecular flexibility index (Phi) is 1.62. The van der Waals surface area contributed by atoms with Crippen LogP contribution in [-0.2, 0) is 4.74 Å². The van der Waals surface area contributed by atoms with Gasteiger partial charge in [0.25, 0.3) is 0 Å². The number of hydrogen-bond acceptors (Lipinski definition) is 6. The van der Waals surface area contributed by atoms with Crippen LogP contribution in [0, 0.1) is 0 Å². The maximum atomic E-state index is 5.77. The number of nitrogen functional groups attached to an aromatic ring is 5. The maximum absolute atomic E-state index is 5.77. The van der Waals surface area contributed by atoms with Gasteiger partial charge in [0.15, 0.2) is 0 Å². The van der Waals surface area contributed by atoms with Gasteiger partial charge in [-0.15, -0.1) is 0 Å². The molecule has 0 bridgehead atoms. The lowest BCUT2D eigenvalue weighted by molar-refractivity contribution is 0.417. The smallest absolute Gasteiger partial charge is 0.110 e. The first kappa shape index (κ1) is 8.76. The lowest BCUT2D eigenvalue weighted by Crippen LogP contribution is -2.10. The molecule has 14 heavy (non-hydrogen) atoms. The normalized spacial score (nSPS) is 19.6. The summed E-state index contributed by atoms with van der Waals surface area (Å²) in [6, 6.07) is 0. The molecule has 1 aliphatic rings. The van der Waals surface area contributed by atoms with Crippen molar-refractivity contribution in [1.29, 1.82) is 0 Å². The third-order valence-corrected chi connectivity index (χ3v) is 2.40. The molecule has 0 spiro atoms. The zero-order valence-corrected chi connectivity index (χ0v) is 7.58. The summed E-state index contributed by atoms with van der Waals surface area (Å²) in [4.78, 5) is 0. The topological polar surface area (TPSA) is 143 Å². The molecule has 1 fully saturated rings. The van der Waals surface area contributed by atoms with Crippen molar-refractivity contribution >= 4 is 28.4 Å². The number of epoxide rings is 1. The van der Waals surface area contributed by atoms with Crippen molar-refractivity contribution in [2.24, 2.45) is 0 Å². The highest BCUT2D eigenvalue weighted by Crippen LogP contribution is 2.46. The molecular weight excluding hydrogens is 182 g/mol. The SMILES string of the molecule is Nc1c(N)c(N)c(C2CO2)c(N)c1N. The van der Waals surface area contributed by atoms with Gasteiger partial charge in [-0.2, -0.15) is 0 Å². The van der Waals surface area contributed by atoms with Gasteiger partial charge in [0.2, 0.25) is 0 Å². The Morgan fingerprint density at radius 3 is 1.50 bits per heavy atom. The minimum Gasteiger partial charge on any atom is -0.397 e. The van der Waals surface area contributed by atoms with Crippen LogP contribution in [0.1, 0.15) is 11.7 Å². The molecule has 76 valence electrons. The van der Waals surface area contributed by atoms with Crippen molar-refractivity contribution in [1.82, 2.24) is 0 Å². The van der Waals surface area contributed by atoms with Crippen molar-refractivity contribution in [2.45, 2.75) is 6.10 Å². The summed E-state index contributed by atoms with van der Waals surface area (Å²) in [5, 5.41) is 0. The van der Waals surface area contributed by atoms with Crippen molar-refractivity contribution in [3.63, 3.8) is 0 Å². The van der Waals surface area contributed by atoms with Gasteiger partial charge in [0.05, 0.1) is 35.0 Å². The van der Waals surface area contributed by atoms with Crippen LogP contribution in [-0.4, -0.2) is 6.61 Å². The summed E-state index contributed by atoms with van der Waals surface area (Å²) in [6.07, 6.45) is -0.0831. The Labute approximate surface area is 81.0 Å². The number of ether oxygens (including phenoxy) is 1. The van der Waals surface area contributed by atoms with E-state index in [4.69, 9.17) is 33.4 Å². The molecule has 1 saturated heterocycles. The Bertz CT molecular complexity index is 370. The van der Waals surface area contributed by atoms with Crippen LogP contribution in [0.25, 0.3) is 0 Å². The summed E-state index contributed by atoms with van der Waals surface area (Å²) < 4.78 is 5.09. The second-order valence-electron chi connectivity index (χ2n) is 3.30. The average Bonchev–Trinajstić information content (AvgIpc) is 2.96. The van der Waals surface area contributed by atoms with Crippen LogP contribution in [0.5, 0.6) is 0 Å². The summed E-state index contributed by atoms with van der Waals surface area (Å²) in [7, 11) is 0. The van der Waals surface area contributed by atoms with E-state index in [1.165, 1.54) is 0 Å². The highest BCUT2D eigenvalue weighted by atomic mass is 16.6. The van der Waals surface area contributed by atoms with Crippen LogP contribution in [0.15, 0.2) is 0 Å². The third-order valence-electron chi connectivity index (χ3n) is 2.40. The lowest BCUT2D eigenvalue weighted by Gasteiger charge is -2.15. The Morgan fingerprint density at radius 2 is 1.14 bits per heavy atom. The molecule has 1 unspecified atom stereocenters. The third kappa shape index (κ3) is 1.01. The van der Waals surface area contributed by atoms with E-state index in [9.17, 15) is 0 Å². The van der Waals surface area contributed by atoms with E-state index in [0.717, 1.165) is 0 Å². The molecule has 1 aliphatic heterocycles. The molecule has 2 rings (SSSR count). The standard InChI is InChI=1S/C8H13N5O/c9-4-3(2-1-14-2)5(10)7(12)8(13)6(4)11/h2H,1,9-13H2. The summed E-state index contributed by atoms with van der Waals surface area (Å²) in [6.45, 7) is 0.594. The lowest BCUT2D eigenvalue weighted by atomic mass is 10.0. The summed E-state index contributed by atoms with van der Waals surface area (Å²) >= 11 is 0. The van der Waals surface area contributed by atoms with Gasteiger partial charge in [-0.1, -0.05) is 0 Å². The minimum atomic E-state index is -0.0831. The van der Waals surface area contributed by atoms with Crippen LogP contribution in [0.4, 0.5) is 28.4 Å². The highest BCUT2D eigenvalue weighted by Gasteiger charge is 2.31. The number of nitrogens with two attached hydrogens (primary N) is 5. The average molecular weight is 195 g/mol. The predicted octanol–water partition coefficient (Wildman–Crippen LogP) is -0.331. The first-order valence-corrected chi connectivity index (χ1v) is 4.16. The molecule has 6 heteroatoms. The van der Waals surface area contributed by atoms with E-state index in [1.807, 2.05) is 0 Å². The van der Waals surface area contributed by atoms with Gasteiger partial charge in [-0.25, -0.2) is 0 Å². The second kappa shape index (κ2) is 2.58. The number of benzene rings is 1. The van der Waals surface area contributed by atoms with E-state index in [2.05, 4.69) is 0 Å². The van der Waals surface area contributed by atoms with Crippen molar-refractivity contribution < 1.29 is 4.74 Å². The minimum absolute atomic E-state index is 0.0831. The van der Waals surface area contributed by atoms with Gasteiger partial charge >= 0.3 is 0 Å². The monoisotopic (exact) mass is 195 g/mol. The Balaban J connectivity index is 2.69. The van der Waals surface area contributed by atoms with Gasteiger partial charge in [0, 0.05) is 5.56 Å². The van der Waals surface area contributed by atoms with Crippen LogP contribution in [0.3, 0.4) is 0 Å². The molecule has 0 aromatic heterocycles. The van der Waals surface area contributed by atoms with E-state index in [0.29, 0.717) is 23.5 Å². The van der Waals surface area contributed by atoms with E-state index < -0.39 is 0 Å². The highest BCUT2D eigenvalue weighted by molar-refractivity contribution is 5.96. The predicted molar refractivity (Wildman–Crippen MR) is 57.2 cm³/mol. The number of rotatable bonds is 1. The van der Waals surface area contributed by atoms with Gasteiger partial charge < -0.3 is 33.4 Å². The van der Waals surface area contributed by atoms with E-state index in [1.54, 1.807) is 0 Å². The van der Waals surface area contributed by atoms with Crippen molar-refractivity contribution in [3.05, 3.63) is 5.56 Å². The molecule has 0 amide bonds. The number of hydrogen-bond donors (Lipinski definition) is 5. The Hall–Kier alpha value is -1.82. The first-order valence-electron chi connectivity index (χ1n) is 4.16. The fraction of sp³-hybridized carbons (Fsp3) is 0.250. The van der Waals surface area contributed by atoms with Crippen molar-refractivity contribution in [2.75, 3.05) is 35.3 Å². The molecule has 1 heterocycles. The quantitative estimate of drug-likeness (QED) is 0.306.